The molecule has 1 aliphatic carbocycles. The van der Waals surface area contributed by atoms with Crippen LogP contribution in [0.4, 0.5) is 5.69 Å². The first-order chi connectivity index (χ1) is 8.54. The maximum atomic E-state index is 10.9. The quantitative estimate of drug-likeness (QED) is 0.631. The van der Waals surface area contributed by atoms with E-state index in [1.165, 1.54) is 13.2 Å². The molecule has 0 amide bonds. The minimum absolute atomic E-state index is 0.0916. The molecule has 1 aliphatic rings. The van der Waals surface area contributed by atoms with Crippen molar-refractivity contribution >= 4 is 5.69 Å². The van der Waals surface area contributed by atoms with Gasteiger partial charge in [-0.2, -0.15) is 0 Å². The van der Waals surface area contributed by atoms with Gasteiger partial charge in [0.2, 0.25) is 5.75 Å². The Hall–Kier alpha value is -1.82. The van der Waals surface area contributed by atoms with Crippen molar-refractivity contribution in [3.8, 4) is 11.5 Å². The molecule has 1 aromatic rings. The highest BCUT2D eigenvalue weighted by Gasteiger charge is 2.29. The molecule has 0 heterocycles. The molecule has 1 saturated carbocycles. The fourth-order valence-corrected chi connectivity index (χ4v) is 2.17. The van der Waals surface area contributed by atoms with Crippen molar-refractivity contribution in [1.29, 1.82) is 0 Å². The number of benzene rings is 1. The van der Waals surface area contributed by atoms with Crippen molar-refractivity contribution < 1.29 is 14.8 Å². The molecule has 3 N–H and O–H groups in total. The largest absolute Gasteiger partial charge is 0.500 e. The average Bonchev–Trinajstić information content (AvgIpc) is 2.26. The lowest BCUT2D eigenvalue weighted by molar-refractivity contribution is -0.386. The van der Waals surface area contributed by atoms with Crippen molar-refractivity contribution in [2.45, 2.75) is 25.3 Å². The molecule has 1 atom stereocenters. The Bertz CT molecular complexity index is 471. The van der Waals surface area contributed by atoms with Crippen LogP contribution < -0.4 is 10.5 Å². The van der Waals surface area contributed by atoms with Crippen molar-refractivity contribution in [2.75, 3.05) is 7.11 Å². The molecular formula is C12H16N2O4. The van der Waals surface area contributed by atoms with Gasteiger partial charge in [-0.1, -0.05) is 6.42 Å². The van der Waals surface area contributed by atoms with Crippen molar-refractivity contribution in [2.24, 2.45) is 11.7 Å². The number of nitrogens with zero attached hydrogens (tertiary/aromatic N) is 1. The number of methoxy groups -OCH3 is 1. The molecule has 2 rings (SSSR count). The van der Waals surface area contributed by atoms with Gasteiger partial charge in [-0.25, -0.2) is 0 Å². The minimum atomic E-state index is -0.630. The van der Waals surface area contributed by atoms with E-state index in [0.717, 1.165) is 19.3 Å². The molecule has 98 valence electrons. The maximum absolute atomic E-state index is 10.9. The van der Waals surface area contributed by atoms with Gasteiger partial charge in [0, 0.05) is 12.1 Å². The third kappa shape index (κ3) is 2.11. The van der Waals surface area contributed by atoms with Crippen LogP contribution in [0, 0.1) is 16.0 Å². The van der Waals surface area contributed by atoms with Crippen molar-refractivity contribution in [3.63, 3.8) is 0 Å². The molecule has 0 bridgehead atoms. The lowest BCUT2D eigenvalue weighted by Gasteiger charge is -2.31. The number of nitro groups is 1. The highest BCUT2D eigenvalue weighted by atomic mass is 16.6. The summed E-state index contributed by atoms with van der Waals surface area (Å²) in [6, 6.07) is 2.67. The average molecular weight is 252 g/mol. The number of phenols is 1. The summed E-state index contributed by atoms with van der Waals surface area (Å²) in [7, 11) is 1.36. The summed E-state index contributed by atoms with van der Waals surface area (Å²) >= 11 is 0. The normalized spacial score (nSPS) is 17.0. The Morgan fingerprint density at radius 2 is 2.22 bits per heavy atom. The molecule has 0 spiro atoms. The number of nitro benzene ring substituents is 1. The number of aromatic hydroxyl groups is 1. The van der Waals surface area contributed by atoms with Gasteiger partial charge in [0.05, 0.1) is 12.0 Å². The van der Waals surface area contributed by atoms with Crippen LogP contribution in [-0.2, 0) is 0 Å². The van der Waals surface area contributed by atoms with E-state index in [1.807, 2.05) is 0 Å². The van der Waals surface area contributed by atoms with Crippen LogP contribution in [0.3, 0.4) is 0 Å². The standard InChI is InChI=1S/C12H16N2O4/c1-18-10-6-8(11(13)7-3-2-4-7)5-9(12(10)15)14(16)17/h5-7,11,15H,2-4,13H2,1H3/t11-/m1/s1. The van der Waals surface area contributed by atoms with E-state index in [0.29, 0.717) is 11.5 Å². The number of rotatable bonds is 4. The molecule has 0 saturated heterocycles. The van der Waals surface area contributed by atoms with Crippen LogP contribution in [0.2, 0.25) is 0 Å². The Morgan fingerprint density at radius 1 is 1.56 bits per heavy atom. The summed E-state index contributed by atoms with van der Waals surface area (Å²) in [5.74, 6) is -0.000106. The molecule has 1 aromatic carbocycles. The summed E-state index contributed by atoms with van der Waals surface area (Å²) in [4.78, 5) is 10.2. The summed E-state index contributed by atoms with van der Waals surface area (Å²) in [6.45, 7) is 0. The molecule has 0 radical (unpaired) electrons. The molecule has 18 heavy (non-hydrogen) atoms. The van der Waals surface area contributed by atoms with Gasteiger partial charge >= 0.3 is 5.69 Å². The minimum Gasteiger partial charge on any atom is -0.500 e. The first kappa shape index (κ1) is 12.6. The zero-order valence-corrected chi connectivity index (χ0v) is 10.1. The molecule has 0 aromatic heterocycles. The van der Waals surface area contributed by atoms with Gasteiger partial charge in [-0.05, 0) is 30.4 Å². The highest BCUT2D eigenvalue weighted by molar-refractivity contribution is 5.57. The van der Waals surface area contributed by atoms with Crippen LogP contribution in [0.15, 0.2) is 12.1 Å². The third-order valence-corrected chi connectivity index (χ3v) is 3.54. The van der Waals surface area contributed by atoms with E-state index in [4.69, 9.17) is 10.5 Å². The number of nitrogens with two attached hydrogens (primary N) is 1. The fourth-order valence-electron chi connectivity index (χ4n) is 2.17. The van der Waals surface area contributed by atoms with Crippen LogP contribution in [0.25, 0.3) is 0 Å². The van der Waals surface area contributed by atoms with E-state index < -0.39 is 10.7 Å². The SMILES string of the molecule is COc1cc([C@H](N)C2CCC2)cc([N+](=O)[O-])c1O. The maximum Gasteiger partial charge on any atom is 0.314 e. The predicted octanol–water partition coefficient (Wildman–Crippen LogP) is 2.11. The van der Waals surface area contributed by atoms with Gasteiger partial charge in [0.25, 0.3) is 0 Å². The van der Waals surface area contributed by atoms with Gasteiger partial charge in [0.15, 0.2) is 5.75 Å². The van der Waals surface area contributed by atoms with Crippen LogP contribution in [0.5, 0.6) is 11.5 Å². The second-order valence-electron chi connectivity index (χ2n) is 4.56. The third-order valence-electron chi connectivity index (χ3n) is 3.54. The Kier molecular flexibility index (Phi) is 3.38. The zero-order valence-electron chi connectivity index (χ0n) is 10.1. The van der Waals surface area contributed by atoms with Crippen LogP contribution in [0.1, 0.15) is 30.9 Å². The molecule has 6 nitrogen and oxygen atoms in total. The molecular weight excluding hydrogens is 236 g/mol. The molecule has 0 unspecified atom stereocenters. The lowest BCUT2D eigenvalue weighted by Crippen LogP contribution is -2.26. The Morgan fingerprint density at radius 3 is 2.67 bits per heavy atom. The predicted molar refractivity (Wildman–Crippen MR) is 65.6 cm³/mol. The Balaban J connectivity index is 2.41. The van der Waals surface area contributed by atoms with E-state index in [9.17, 15) is 15.2 Å². The number of hydrogen-bond donors (Lipinski definition) is 2. The van der Waals surface area contributed by atoms with E-state index in [-0.39, 0.29) is 17.5 Å². The van der Waals surface area contributed by atoms with Gasteiger partial charge in [-0.3, -0.25) is 10.1 Å². The summed E-state index contributed by atoms with van der Waals surface area (Å²) in [6.07, 6.45) is 3.23. The van der Waals surface area contributed by atoms with Crippen molar-refractivity contribution in [3.05, 3.63) is 27.8 Å². The number of ether oxygens (including phenoxy) is 1. The topological polar surface area (TPSA) is 98.6 Å². The lowest BCUT2D eigenvalue weighted by atomic mass is 9.77. The summed E-state index contributed by atoms with van der Waals surface area (Å²) in [5.41, 5.74) is 6.36. The fraction of sp³-hybridized carbons (Fsp3) is 0.500. The first-order valence-corrected chi connectivity index (χ1v) is 5.85. The second kappa shape index (κ2) is 4.81. The summed E-state index contributed by atoms with van der Waals surface area (Å²) < 4.78 is 4.95. The number of phenolic OH excluding ortho intramolecular Hbond substituents is 1. The zero-order chi connectivity index (χ0) is 13.3. The monoisotopic (exact) mass is 252 g/mol. The Labute approximate surface area is 105 Å². The smallest absolute Gasteiger partial charge is 0.314 e. The van der Waals surface area contributed by atoms with Gasteiger partial charge < -0.3 is 15.6 Å². The van der Waals surface area contributed by atoms with E-state index in [1.54, 1.807) is 6.07 Å². The highest BCUT2D eigenvalue weighted by Crippen LogP contribution is 2.42. The van der Waals surface area contributed by atoms with Crippen LogP contribution in [-0.4, -0.2) is 17.1 Å². The molecule has 6 heteroatoms. The summed E-state index contributed by atoms with van der Waals surface area (Å²) in [5, 5.41) is 20.5. The van der Waals surface area contributed by atoms with Gasteiger partial charge in [0.1, 0.15) is 0 Å². The van der Waals surface area contributed by atoms with E-state index in [2.05, 4.69) is 0 Å². The first-order valence-electron chi connectivity index (χ1n) is 5.85. The van der Waals surface area contributed by atoms with Crippen LogP contribution >= 0.6 is 0 Å². The molecule has 0 aliphatic heterocycles. The second-order valence-corrected chi connectivity index (χ2v) is 4.56. The molecule has 1 fully saturated rings. The van der Waals surface area contributed by atoms with Crippen molar-refractivity contribution in [1.82, 2.24) is 0 Å². The number of hydrogen-bond acceptors (Lipinski definition) is 5. The van der Waals surface area contributed by atoms with Gasteiger partial charge in [-0.15, -0.1) is 0 Å². The van der Waals surface area contributed by atoms with E-state index >= 15 is 0 Å².